The number of halogens is 1. The van der Waals surface area contributed by atoms with Crippen LogP contribution in [-0.2, 0) is 0 Å². The molecule has 1 atom stereocenters. The maximum Gasteiger partial charge on any atom is 0.282 e. The Morgan fingerprint density at radius 3 is 2.50 bits per heavy atom. The molecule has 0 heterocycles. The fraction of sp³-hybridized carbons (Fsp3) is 0.533. The number of hydrogen-bond acceptors (Lipinski definition) is 4. The Bertz CT molecular complexity index is 535. The number of benzene rings is 1. The van der Waals surface area contributed by atoms with Gasteiger partial charge >= 0.3 is 0 Å². The summed E-state index contributed by atoms with van der Waals surface area (Å²) in [6, 6.07) is 4.56. The molecular formula is C15H24ClN3O3. The van der Waals surface area contributed by atoms with E-state index in [1.807, 2.05) is 13.8 Å². The topological polar surface area (TPSA) is 89.5 Å². The SMILES string of the molecule is Cc1ccc([N+](=O)[O-])c(C(=O)N(C)CCC(N)C(C)C)c1.Cl. The van der Waals surface area contributed by atoms with Crippen molar-refractivity contribution < 1.29 is 9.72 Å². The molecule has 0 bridgehead atoms. The molecule has 0 fully saturated rings. The molecule has 1 aromatic carbocycles. The van der Waals surface area contributed by atoms with E-state index in [1.54, 1.807) is 26.1 Å². The average molecular weight is 330 g/mol. The lowest BCUT2D eigenvalue weighted by Crippen LogP contribution is -2.34. The van der Waals surface area contributed by atoms with Gasteiger partial charge in [-0.05, 0) is 30.9 Å². The normalized spacial score (nSPS) is 11.7. The molecule has 0 radical (unpaired) electrons. The highest BCUT2D eigenvalue weighted by molar-refractivity contribution is 5.98. The zero-order valence-electron chi connectivity index (χ0n) is 13.4. The summed E-state index contributed by atoms with van der Waals surface area (Å²) in [5.74, 6) is -0.0110. The van der Waals surface area contributed by atoms with Crippen molar-refractivity contribution in [2.24, 2.45) is 11.7 Å². The van der Waals surface area contributed by atoms with E-state index in [9.17, 15) is 14.9 Å². The summed E-state index contributed by atoms with van der Waals surface area (Å²) in [6.07, 6.45) is 0.666. The van der Waals surface area contributed by atoms with Crippen LogP contribution < -0.4 is 5.73 Å². The number of aryl methyl sites for hydroxylation is 1. The molecular weight excluding hydrogens is 306 g/mol. The molecule has 1 unspecified atom stereocenters. The van der Waals surface area contributed by atoms with Crippen molar-refractivity contribution in [2.45, 2.75) is 33.2 Å². The van der Waals surface area contributed by atoms with Gasteiger partial charge in [0.25, 0.3) is 11.6 Å². The Labute approximate surface area is 137 Å². The van der Waals surface area contributed by atoms with Gasteiger partial charge in [0.1, 0.15) is 5.56 Å². The van der Waals surface area contributed by atoms with Gasteiger partial charge in [0, 0.05) is 25.7 Å². The number of hydrogen-bond donors (Lipinski definition) is 1. The quantitative estimate of drug-likeness (QED) is 0.642. The minimum Gasteiger partial charge on any atom is -0.341 e. The van der Waals surface area contributed by atoms with Gasteiger partial charge in [-0.15, -0.1) is 12.4 Å². The summed E-state index contributed by atoms with van der Waals surface area (Å²) in [5.41, 5.74) is 6.74. The lowest BCUT2D eigenvalue weighted by molar-refractivity contribution is -0.385. The van der Waals surface area contributed by atoms with Crippen molar-refractivity contribution in [1.82, 2.24) is 4.90 Å². The van der Waals surface area contributed by atoms with E-state index in [1.165, 1.54) is 11.0 Å². The highest BCUT2D eigenvalue weighted by Gasteiger charge is 2.23. The average Bonchev–Trinajstić information content (AvgIpc) is 2.42. The second kappa shape index (κ2) is 8.70. The Kier molecular flexibility index (Phi) is 8.05. The van der Waals surface area contributed by atoms with Gasteiger partial charge in [-0.25, -0.2) is 0 Å². The number of carbonyl (C=O) groups is 1. The third-order valence-corrected chi connectivity index (χ3v) is 3.58. The maximum atomic E-state index is 12.4. The first-order valence-electron chi connectivity index (χ1n) is 7.00. The smallest absolute Gasteiger partial charge is 0.282 e. The second-order valence-electron chi connectivity index (χ2n) is 5.70. The van der Waals surface area contributed by atoms with Crippen LogP contribution in [0.4, 0.5) is 5.69 Å². The minimum atomic E-state index is -0.527. The first-order valence-corrected chi connectivity index (χ1v) is 7.00. The van der Waals surface area contributed by atoms with Gasteiger partial charge < -0.3 is 10.6 Å². The van der Waals surface area contributed by atoms with E-state index in [0.29, 0.717) is 18.9 Å². The number of nitro benzene ring substituents is 1. The Morgan fingerprint density at radius 2 is 2.00 bits per heavy atom. The van der Waals surface area contributed by atoms with Crippen LogP contribution in [0, 0.1) is 23.0 Å². The fourth-order valence-corrected chi connectivity index (χ4v) is 1.96. The minimum absolute atomic E-state index is 0. The molecule has 0 aliphatic rings. The Morgan fingerprint density at radius 1 is 1.41 bits per heavy atom. The molecule has 22 heavy (non-hydrogen) atoms. The van der Waals surface area contributed by atoms with Crippen LogP contribution in [0.5, 0.6) is 0 Å². The van der Waals surface area contributed by atoms with Crippen LogP contribution in [0.25, 0.3) is 0 Å². The number of nitrogens with zero attached hydrogens (tertiary/aromatic N) is 2. The lowest BCUT2D eigenvalue weighted by atomic mass is 10.0. The summed E-state index contributed by atoms with van der Waals surface area (Å²) in [7, 11) is 1.64. The highest BCUT2D eigenvalue weighted by Crippen LogP contribution is 2.21. The van der Waals surface area contributed by atoms with E-state index >= 15 is 0 Å². The van der Waals surface area contributed by atoms with Crippen LogP contribution in [0.2, 0.25) is 0 Å². The molecule has 2 N–H and O–H groups in total. The van der Waals surface area contributed by atoms with Crippen LogP contribution in [0.1, 0.15) is 36.2 Å². The summed E-state index contributed by atoms with van der Waals surface area (Å²) in [4.78, 5) is 24.4. The molecule has 0 aliphatic heterocycles. The zero-order valence-corrected chi connectivity index (χ0v) is 14.2. The van der Waals surface area contributed by atoms with E-state index < -0.39 is 4.92 Å². The lowest BCUT2D eigenvalue weighted by Gasteiger charge is -2.21. The highest BCUT2D eigenvalue weighted by atomic mass is 35.5. The summed E-state index contributed by atoms with van der Waals surface area (Å²) in [6.45, 7) is 6.33. The monoisotopic (exact) mass is 329 g/mol. The van der Waals surface area contributed by atoms with Crippen LogP contribution in [0.15, 0.2) is 18.2 Å². The first kappa shape index (κ1) is 20.3. The molecule has 0 saturated carbocycles. The molecule has 124 valence electrons. The van der Waals surface area contributed by atoms with Gasteiger partial charge in [-0.2, -0.15) is 0 Å². The van der Waals surface area contributed by atoms with Gasteiger partial charge in [-0.1, -0.05) is 19.9 Å². The van der Waals surface area contributed by atoms with Crippen molar-refractivity contribution in [1.29, 1.82) is 0 Å². The van der Waals surface area contributed by atoms with Gasteiger partial charge in [-0.3, -0.25) is 14.9 Å². The number of carbonyl (C=O) groups excluding carboxylic acids is 1. The predicted molar refractivity (Wildman–Crippen MR) is 89.5 cm³/mol. The first-order chi connectivity index (χ1) is 9.73. The van der Waals surface area contributed by atoms with E-state index in [-0.39, 0.29) is 35.6 Å². The zero-order chi connectivity index (χ0) is 16.2. The van der Waals surface area contributed by atoms with Crippen LogP contribution in [-0.4, -0.2) is 35.4 Å². The van der Waals surface area contributed by atoms with E-state index in [2.05, 4.69) is 0 Å². The molecule has 1 amide bonds. The molecule has 0 aliphatic carbocycles. The van der Waals surface area contributed by atoms with E-state index in [4.69, 9.17) is 5.73 Å². The molecule has 6 nitrogen and oxygen atoms in total. The standard InChI is InChI=1S/C15H23N3O3.ClH/c1-10(2)13(16)7-8-17(4)15(19)12-9-11(3)5-6-14(12)18(20)21;/h5-6,9-10,13H,7-8,16H2,1-4H3;1H. The Hall–Kier alpha value is -1.66. The van der Waals surface area contributed by atoms with Crippen molar-refractivity contribution in [3.63, 3.8) is 0 Å². The number of rotatable bonds is 6. The molecule has 0 aromatic heterocycles. The van der Waals surface area contributed by atoms with Gasteiger partial charge in [0.05, 0.1) is 4.92 Å². The summed E-state index contributed by atoms with van der Waals surface area (Å²) >= 11 is 0. The van der Waals surface area contributed by atoms with E-state index in [0.717, 1.165) is 5.56 Å². The molecule has 1 rings (SSSR count). The van der Waals surface area contributed by atoms with Gasteiger partial charge in [0.15, 0.2) is 0 Å². The van der Waals surface area contributed by atoms with Crippen molar-refractivity contribution in [2.75, 3.05) is 13.6 Å². The molecule has 1 aromatic rings. The maximum absolute atomic E-state index is 12.4. The predicted octanol–water partition coefficient (Wildman–Crippen LogP) is 2.77. The molecule has 7 heteroatoms. The second-order valence-corrected chi connectivity index (χ2v) is 5.70. The van der Waals surface area contributed by atoms with Crippen molar-refractivity contribution >= 4 is 24.0 Å². The molecule has 0 saturated heterocycles. The largest absolute Gasteiger partial charge is 0.341 e. The summed E-state index contributed by atoms with van der Waals surface area (Å²) in [5, 5.41) is 11.0. The van der Waals surface area contributed by atoms with Crippen LogP contribution >= 0.6 is 12.4 Å². The fourth-order valence-electron chi connectivity index (χ4n) is 1.96. The summed E-state index contributed by atoms with van der Waals surface area (Å²) < 4.78 is 0. The third-order valence-electron chi connectivity index (χ3n) is 3.58. The molecule has 0 spiro atoms. The number of amides is 1. The van der Waals surface area contributed by atoms with Gasteiger partial charge in [0.2, 0.25) is 0 Å². The van der Waals surface area contributed by atoms with Crippen LogP contribution in [0.3, 0.4) is 0 Å². The Balaban J connectivity index is 0.00000441. The number of nitrogens with two attached hydrogens (primary N) is 1. The number of nitro groups is 1. The van der Waals surface area contributed by atoms with Crippen molar-refractivity contribution in [3.05, 3.63) is 39.4 Å². The van der Waals surface area contributed by atoms with Crippen molar-refractivity contribution in [3.8, 4) is 0 Å². The third kappa shape index (κ3) is 5.27.